The van der Waals surface area contributed by atoms with Gasteiger partial charge in [0, 0.05) is 6.54 Å². The van der Waals surface area contributed by atoms with Gasteiger partial charge in [-0.05, 0) is 56.5 Å². The first-order chi connectivity index (χ1) is 9.09. The predicted octanol–water partition coefficient (Wildman–Crippen LogP) is 3.67. The smallest absolute Gasteiger partial charge is 0.0820 e. The Hall–Kier alpha value is -0.860. The summed E-state index contributed by atoms with van der Waals surface area (Å²) in [5, 5.41) is 10.7. The minimum Gasteiger partial charge on any atom is -0.388 e. The monoisotopic (exact) mass is 261 g/mol. The molecule has 1 aliphatic carbocycles. The Morgan fingerprint density at radius 2 is 1.89 bits per heavy atom. The average Bonchev–Trinajstić information content (AvgIpc) is 2.41. The summed E-state index contributed by atoms with van der Waals surface area (Å²) >= 11 is 0. The quantitative estimate of drug-likeness (QED) is 0.894. The summed E-state index contributed by atoms with van der Waals surface area (Å²) in [7, 11) is 4.17. The van der Waals surface area contributed by atoms with Gasteiger partial charge in [-0.3, -0.25) is 0 Å². The van der Waals surface area contributed by atoms with Gasteiger partial charge in [0.2, 0.25) is 0 Å². The Balaban J connectivity index is 2.18. The van der Waals surface area contributed by atoms with Crippen molar-refractivity contribution in [2.24, 2.45) is 5.92 Å². The second-order valence-corrected chi connectivity index (χ2v) is 6.21. The maximum Gasteiger partial charge on any atom is 0.0820 e. The van der Waals surface area contributed by atoms with Crippen LogP contribution in [-0.2, 0) is 6.54 Å². The second-order valence-electron chi connectivity index (χ2n) is 6.21. The van der Waals surface area contributed by atoms with Crippen LogP contribution >= 0.6 is 0 Å². The summed E-state index contributed by atoms with van der Waals surface area (Å²) in [6, 6.07) is 6.37. The molecule has 1 saturated carbocycles. The Labute approximate surface area is 117 Å². The van der Waals surface area contributed by atoms with Gasteiger partial charge in [0.05, 0.1) is 6.10 Å². The molecule has 0 heterocycles. The van der Waals surface area contributed by atoms with E-state index in [1.165, 1.54) is 43.2 Å². The molecule has 1 aromatic carbocycles. The fourth-order valence-electron chi connectivity index (χ4n) is 3.24. The van der Waals surface area contributed by atoms with Crippen LogP contribution in [0.1, 0.15) is 54.9 Å². The summed E-state index contributed by atoms with van der Waals surface area (Å²) < 4.78 is 0. The molecule has 1 aliphatic rings. The summed E-state index contributed by atoms with van der Waals surface area (Å²) in [6.45, 7) is 3.09. The van der Waals surface area contributed by atoms with Crippen molar-refractivity contribution in [1.82, 2.24) is 4.90 Å². The highest BCUT2D eigenvalue weighted by atomic mass is 16.3. The molecule has 1 fully saturated rings. The van der Waals surface area contributed by atoms with Gasteiger partial charge in [0.1, 0.15) is 0 Å². The van der Waals surface area contributed by atoms with Crippen LogP contribution in [0, 0.1) is 12.8 Å². The van der Waals surface area contributed by atoms with Crippen LogP contribution in [0.2, 0.25) is 0 Å². The normalized spacial score (nSPS) is 18.8. The molecular weight excluding hydrogens is 234 g/mol. The van der Waals surface area contributed by atoms with E-state index in [0.29, 0.717) is 5.92 Å². The van der Waals surface area contributed by atoms with Crippen molar-refractivity contribution in [3.05, 3.63) is 34.9 Å². The third kappa shape index (κ3) is 3.58. The van der Waals surface area contributed by atoms with Gasteiger partial charge in [-0.2, -0.15) is 0 Å². The predicted molar refractivity (Wildman–Crippen MR) is 80.1 cm³/mol. The number of nitrogens with zero attached hydrogens (tertiary/aromatic N) is 1. The molecular formula is C17H27NO. The van der Waals surface area contributed by atoms with Gasteiger partial charge in [-0.25, -0.2) is 0 Å². The highest BCUT2D eigenvalue weighted by molar-refractivity contribution is 5.35. The largest absolute Gasteiger partial charge is 0.388 e. The fourth-order valence-corrected chi connectivity index (χ4v) is 3.24. The number of rotatable bonds is 4. The molecule has 0 radical (unpaired) electrons. The van der Waals surface area contributed by atoms with Gasteiger partial charge in [-0.1, -0.05) is 37.5 Å². The van der Waals surface area contributed by atoms with Crippen LogP contribution in [-0.4, -0.2) is 24.1 Å². The lowest BCUT2D eigenvalue weighted by molar-refractivity contribution is 0.0842. The molecule has 0 bridgehead atoms. The molecule has 106 valence electrons. The van der Waals surface area contributed by atoms with Crippen molar-refractivity contribution in [2.75, 3.05) is 14.1 Å². The van der Waals surface area contributed by atoms with Gasteiger partial charge in [0.25, 0.3) is 0 Å². The SMILES string of the molecule is Cc1c(CN(C)C)cccc1[C@H](O)C1CCCCC1. The summed E-state index contributed by atoms with van der Waals surface area (Å²) in [4.78, 5) is 2.18. The fraction of sp³-hybridized carbons (Fsp3) is 0.647. The highest BCUT2D eigenvalue weighted by Gasteiger charge is 2.24. The molecule has 0 amide bonds. The van der Waals surface area contributed by atoms with Crippen molar-refractivity contribution in [3.63, 3.8) is 0 Å². The van der Waals surface area contributed by atoms with Crippen LogP contribution in [0.3, 0.4) is 0 Å². The lowest BCUT2D eigenvalue weighted by Crippen LogP contribution is -2.18. The van der Waals surface area contributed by atoms with E-state index in [4.69, 9.17) is 0 Å². The molecule has 2 heteroatoms. The zero-order chi connectivity index (χ0) is 13.8. The number of benzene rings is 1. The molecule has 2 nitrogen and oxygen atoms in total. The van der Waals surface area contributed by atoms with Crippen molar-refractivity contribution in [2.45, 2.75) is 51.7 Å². The molecule has 19 heavy (non-hydrogen) atoms. The maximum atomic E-state index is 10.7. The van der Waals surface area contributed by atoms with Crippen molar-refractivity contribution in [3.8, 4) is 0 Å². The summed E-state index contributed by atoms with van der Waals surface area (Å²) in [5.41, 5.74) is 3.75. The summed E-state index contributed by atoms with van der Waals surface area (Å²) in [6.07, 6.45) is 5.97. The van der Waals surface area contributed by atoms with Gasteiger partial charge in [-0.15, -0.1) is 0 Å². The van der Waals surface area contributed by atoms with E-state index in [9.17, 15) is 5.11 Å². The molecule has 1 atom stereocenters. The standard InChI is InChI=1S/C17H27NO/c1-13-15(12-18(2)3)10-7-11-16(13)17(19)14-8-5-4-6-9-14/h7,10-11,14,17,19H,4-6,8-9,12H2,1-3H3/t17-/m1/s1. The van der Waals surface area contributed by atoms with Gasteiger partial charge in [0.15, 0.2) is 0 Å². The Morgan fingerprint density at radius 3 is 2.53 bits per heavy atom. The minimum atomic E-state index is -0.276. The molecule has 0 saturated heterocycles. The molecule has 1 aromatic rings. The summed E-state index contributed by atoms with van der Waals surface area (Å²) in [5.74, 6) is 0.460. The first-order valence-electron chi connectivity index (χ1n) is 7.50. The zero-order valence-electron chi connectivity index (χ0n) is 12.5. The van der Waals surface area contributed by atoms with E-state index in [0.717, 1.165) is 12.1 Å². The zero-order valence-corrected chi connectivity index (χ0v) is 12.5. The number of aliphatic hydroxyl groups excluding tert-OH is 1. The topological polar surface area (TPSA) is 23.5 Å². The second kappa shape index (κ2) is 6.53. The van der Waals surface area contributed by atoms with Crippen molar-refractivity contribution < 1.29 is 5.11 Å². The number of hydrogen-bond acceptors (Lipinski definition) is 2. The Bertz CT molecular complexity index is 408. The Morgan fingerprint density at radius 1 is 1.21 bits per heavy atom. The van der Waals surface area contributed by atoms with Crippen LogP contribution < -0.4 is 0 Å². The molecule has 2 rings (SSSR count). The van der Waals surface area contributed by atoms with E-state index in [-0.39, 0.29) is 6.10 Å². The van der Waals surface area contributed by atoms with Crippen LogP contribution in [0.15, 0.2) is 18.2 Å². The first-order valence-corrected chi connectivity index (χ1v) is 7.50. The number of aliphatic hydroxyl groups is 1. The van der Waals surface area contributed by atoms with E-state index in [1.807, 2.05) is 0 Å². The van der Waals surface area contributed by atoms with Crippen molar-refractivity contribution in [1.29, 1.82) is 0 Å². The Kier molecular flexibility index (Phi) is 5.00. The average molecular weight is 261 g/mol. The van der Waals surface area contributed by atoms with Crippen LogP contribution in [0.25, 0.3) is 0 Å². The lowest BCUT2D eigenvalue weighted by Gasteiger charge is -2.28. The van der Waals surface area contributed by atoms with E-state index >= 15 is 0 Å². The van der Waals surface area contributed by atoms with E-state index in [1.54, 1.807) is 0 Å². The molecule has 0 aromatic heterocycles. The maximum absolute atomic E-state index is 10.7. The highest BCUT2D eigenvalue weighted by Crippen LogP contribution is 2.36. The van der Waals surface area contributed by atoms with Crippen LogP contribution in [0.4, 0.5) is 0 Å². The first kappa shape index (κ1) is 14.5. The lowest BCUT2D eigenvalue weighted by atomic mass is 9.81. The van der Waals surface area contributed by atoms with Crippen molar-refractivity contribution >= 4 is 0 Å². The van der Waals surface area contributed by atoms with Gasteiger partial charge >= 0.3 is 0 Å². The third-order valence-corrected chi connectivity index (χ3v) is 4.39. The van der Waals surface area contributed by atoms with Crippen LogP contribution in [0.5, 0.6) is 0 Å². The van der Waals surface area contributed by atoms with E-state index < -0.39 is 0 Å². The third-order valence-electron chi connectivity index (χ3n) is 4.39. The molecule has 0 unspecified atom stereocenters. The molecule has 1 N–H and O–H groups in total. The molecule has 0 spiro atoms. The minimum absolute atomic E-state index is 0.276. The number of hydrogen-bond donors (Lipinski definition) is 1. The molecule has 0 aliphatic heterocycles. The van der Waals surface area contributed by atoms with Gasteiger partial charge < -0.3 is 10.0 Å². The van der Waals surface area contributed by atoms with E-state index in [2.05, 4.69) is 44.1 Å².